The monoisotopic (exact) mass is 413 g/mol. The van der Waals surface area contributed by atoms with Gasteiger partial charge in [0.2, 0.25) is 0 Å². The van der Waals surface area contributed by atoms with Gasteiger partial charge in [-0.3, -0.25) is 4.79 Å². The largest absolute Gasteiger partial charge is 0.480 e. The molecule has 0 saturated heterocycles. The van der Waals surface area contributed by atoms with Gasteiger partial charge in [0, 0.05) is 18.3 Å². The summed E-state index contributed by atoms with van der Waals surface area (Å²) in [5, 5.41) is 11.2. The number of thiophene rings is 1. The summed E-state index contributed by atoms with van der Waals surface area (Å²) in [6, 6.07) is 8.69. The summed E-state index contributed by atoms with van der Waals surface area (Å²) in [6.45, 7) is 0.346. The van der Waals surface area contributed by atoms with E-state index in [1.54, 1.807) is 11.4 Å². The number of hydrogen-bond acceptors (Lipinski definition) is 3. The third-order valence-corrected chi connectivity index (χ3v) is 5.40. The fourth-order valence-corrected chi connectivity index (χ4v) is 3.87. The van der Waals surface area contributed by atoms with Crippen molar-refractivity contribution in [1.29, 1.82) is 0 Å². The maximum absolute atomic E-state index is 12.6. The van der Waals surface area contributed by atoms with Gasteiger partial charge < -0.3 is 10.0 Å². The summed E-state index contributed by atoms with van der Waals surface area (Å²) >= 11 is 3.64. The lowest BCUT2D eigenvalue weighted by atomic mass is 9.93. The zero-order valence-corrected chi connectivity index (χ0v) is 13.9. The molecule has 108 valence electrons. The summed E-state index contributed by atoms with van der Waals surface area (Å²) in [6.07, 6.45) is 0.360. The van der Waals surface area contributed by atoms with Gasteiger partial charge in [-0.2, -0.15) is 0 Å². The first kappa shape index (κ1) is 14.5. The molecule has 0 aliphatic carbocycles. The van der Waals surface area contributed by atoms with E-state index in [-0.39, 0.29) is 5.91 Å². The van der Waals surface area contributed by atoms with Gasteiger partial charge in [0.25, 0.3) is 5.91 Å². The number of benzene rings is 1. The molecule has 0 radical (unpaired) electrons. The van der Waals surface area contributed by atoms with Gasteiger partial charge in [-0.05, 0) is 39.8 Å². The Morgan fingerprint density at radius 2 is 2.00 bits per heavy atom. The van der Waals surface area contributed by atoms with Crippen LogP contribution in [-0.4, -0.2) is 27.9 Å². The van der Waals surface area contributed by atoms with Crippen LogP contribution in [0.3, 0.4) is 0 Å². The molecule has 4 nitrogen and oxygen atoms in total. The molecule has 1 aliphatic heterocycles. The molecule has 2 heterocycles. The van der Waals surface area contributed by atoms with Gasteiger partial charge in [-0.15, -0.1) is 11.3 Å². The quantitative estimate of drug-likeness (QED) is 0.771. The first-order chi connectivity index (χ1) is 10.1. The molecule has 6 heteroatoms. The Morgan fingerprint density at radius 1 is 1.29 bits per heavy atom. The molecule has 3 rings (SSSR count). The molecule has 0 saturated carbocycles. The number of carboxylic acids is 1. The summed E-state index contributed by atoms with van der Waals surface area (Å²) in [5.41, 5.74) is 2.59. The highest BCUT2D eigenvalue weighted by Crippen LogP contribution is 2.26. The molecule has 21 heavy (non-hydrogen) atoms. The van der Waals surface area contributed by atoms with Crippen LogP contribution < -0.4 is 0 Å². The van der Waals surface area contributed by atoms with Crippen molar-refractivity contribution >= 4 is 45.8 Å². The second kappa shape index (κ2) is 5.76. The number of fused-ring (bicyclic) bond motifs is 1. The predicted octanol–water partition coefficient (Wildman–Crippen LogP) is 3.00. The van der Waals surface area contributed by atoms with E-state index < -0.39 is 12.0 Å². The van der Waals surface area contributed by atoms with Gasteiger partial charge in [0.05, 0.1) is 8.45 Å². The number of aliphatic carboxylic acids is 1. The van der Waals surface area contributed by atoms with Crippen molar-refractivity contribution in [2.45, 2.75) is 19.0 Å². The fourth-order valence-electron chi connectivity index (χ4n) is 2.55. The minimum atomic E-state index is -0.956. The number of hydrogen-bond donors (Lipinski definition) is 1. The van der Waals surface area contributed by atoms with Crippen LogP contribution in [0.4, 0.5) is 0 Å². The molecule has 1 aromatic heterocycles. The second-order valence-electron chi connectivity index (χ2n) is 4.90. The molecule has 0 fully saturated rings. The Morgan fingerprint density at radius 3 is 2.62 bits per heavy atom. The average molecular weight is 413 g/mol. The van der Waals surface area contributed by atoms with E-state index in [9.17, 15) is 14.7 Å². The van der Waals surface area contributed by atoms with E-state index >= 15 is 0 Å². The summed E-state index contributed by atoms with van der Waals surface area (Å²) < 4.78 is 1.01. The van der Waals surface area contributed by atoms with Crippen molar-refractivity contribution in [3.05, 3.63) is 55.3 Å². The summed E-state index contributed by atoms with van der Waals surface area (Å²) in [4.78, 5) is 25.6. The smallest absolute Gasteiger partial charge is 0.326 e. The first-order valence-corrected chi connectivity index (χ1v) is 8.36. The minimum absolute atomic E-state index is 0.212. The second-order valence-corrected chi connectivity index (χ2v) is 7.70. The zero-order chi connectivity index (χ0) is 15.0. The number of amides is 1. The van der Waals surface area contributed by atoms with Crippen molar-refractivity contribution < 1.29 is 14.7 Å². The molecular weight excluding hydrogens is 401 g/mol. The maximum atomic E-state index is 12.6. The highest BCUT2D eigenvalue weighted by Gasteiger charge is 2.35. The Balaban J connectivity index is 1.96. The van der Waals surface area contributed by atoms with Crippen molar-refractivity contribution in [3.63, 3.8) is 0 Å². The van der Waals surface area contributed by atoms with Crippen molar-refractivity contribution in [2.24, 2.45) is 0 Å². The third-order valence-electron chi connectivity index (χ3n) is 3.61. The van der Waals surface area contributed by atoms with Gasteiger partial charge >= 0.3 is 5.97 Å². The molecule has 2 aromatic rings. The molecule has 1 amide bonds. The molecule has 1 aromatic carbocycles. The van der Waals surface area contributed by atoms with Crippen LogP contribution >= 0.6 is 33.9 Å². The lowest BCUT2D eigenvalue weighted by molar-refractivity contribution is -0.142. The van der Waals surface area contributed by atoms with Gasteiger partial charge in [-0.1, -0.05) is 24.3 Å². The van der Waals surface area contributed by atoms with Crippen LogP contribution in [0.5, 0.6) is 0 Å². The Kier molecular flexibility index (Phi) is 3.99. The molecule has 1 atom stereocenters. The molecule has 0 spiro atoms. The van der Waals surface area contributed by atoms with Crippen LogP contribution in [0.15, 0.2) is 35.7 Å². The number of halogens is 1. The number of carboxylic acid groups (broad SMARTS) is 1. The van der Waals surface area contributed by atoms with Gasteiger partial charge in [0.1, 0.15) is 6.04 Å². The first-order valence-electron chi connectivity index (χ1n) is 6.41. The molecular formula is C15H12INO3S. The SMILES string of the molecule is O=C(O)[C@H]1Cc2ccccc2CN1C(=O)c1csc(I)c1. The van der Waals surface area contributed by atoms with Crippen LogP contribution in [0.2, 0.25) is 0 Å². The van der Waals surface area contributed by atoms with Crippen LogP contribution in [0.25, 0.3) is 0 Å². The Labute approximate surface area is 139 Å². The molecule has 0 bridgehead atoms. The van der Waals surface area contributed by atoms with Crippen LogP contribution in [-0.2, 0) is 17.8 Å². The van der Waals surface area contributed by atoms with Crippen LogP contribution in [0.1, 0.15) is 21.5 Å². The number of carbonyl (C=O) groups excluding carboxylic acids is 1. The lowest BCUT2D eigenvalue weighted by Crippen LogP contribution is -2.48. The fraction of sp³-hybridized carbons (Fsp3) is 0.200. The topological polar surface area (TPSA) is 57.6 Å². The highest BCUT2D eigenvalue weighted by atomic mass is 127. The number of nitrogens with zero attached hydrogens (tertiary/aromatic N) is 1. The minimum Gasteiger partial charge on any atom is -0.480 e. The maximum Gasteiger partial charge on any atom is 0.326 e. The lowest BCUT2D eigenvalue weighted by Gasteiger charge is -2.34. The van der Waals surface area contributed by atoms with E-state index in [1.807, 2.05) is 24.3 Å². The van der Waals surface area contributed by atoms with Crippen molar-refractivity contribution in [2.75, 3.05) is 0 Å². The van der Waals surface area contributed by atoms with E-state index in [0.717, 1.165) is 14.0 Å². The Hall–Kier alpha value is -1.41. The third kappa shape index (κ3) is 2.82. The predicted molar refractivity (Wildman–Crippen MR) is 88.5 cm³/mol. The van der Waals surface area contributed by atoms with E-state index in [1.165, 1.54) is 16.2 Å². The standard InChI is InChI=1S/C15H12INO3S/c16-13-6-11(8-21-13)14(18)17-7-10-4-2-1-3-9(10)5-12(17)15(19)20/h1-4,6,8,12H,5,7H2,(H,19,20)/t12-/m1/s1. The summed E-state index contributed by atoms with van der Waals surface area (Å²) in [7, 11) is 0. The molecule has 1 N–H and O–H groups in total. The van der Waals surface area contributed by atoms with E-state index in [0.29, 0.717) is 18.5 Å². The zero-order valence-electron chi connectivity index (χ0n) is 11.0. The molecule has 1 aliphatic rings. The van der Waals surface area contributed by atoms with Gasteiger partial charge in [0.15, 0.2) is 0 Å². The van der Waals surface area contributed by atoms with Crippen LogP contribution in [0, 0.1) is 2.88 Å². The Bertz CT molecular complexity index is 712. The van der Waals surface area contributed by atoms with Crippen molar-refractivity contribution in [1.82, 2.24) is 4.90 Å². The summed E-state index contributed by atoms with van der Waals surface area (Å²) in [5.74, 6) is -1.17. The van der Waals surface area contributed by atoms with E-state index in [2.05, 4.69) is 22.6 Å². The van der Waals surface area contributed by atoms with Gasteiger partial charge in [-0.25, -0.2) is 4.79 Å². The number of rotatable bonds is 2. The number of carbonyl (C=O) groups is 2. The molecule has 0 unspecified atom stereocenters. The van der Waals surface area contributed by atoms with E-state index in [4.69, 9.17) is 0 Å². The van der Waals surface area contributed by atoms with Crippen molar-refractivity contribution in [3.8, 4) is 0 Å². The highest BCUT2D eigenvalue weighted by molar-refractivity contribution is 14.1. The average Bonchev–Trinajstić information content (AvgIpc) is 2.91. The normalized spacial score (nSPS) is 17.4.